The highest BCUT2D eigenvalue weighted by molar-refractivity contribution is 5.77. The fourth-order valence-corrected chi connectivity index (χ4v) is 3.00. The lowest BCUT2D eigenvalue weighted by Gasteiger charge is -2.35. The summed E-state index contributed by atoms with van der Waals surface area (Å²) < 4.78 is 0. The van der Waals surface area contributed by atoms with Gasteiger partial charge >= 0.3 is 0 Å². The van der Waals surface area contributed by atoms with E-state index in [0.29, 0.717) is 12.0 Å². The van der Waals surface area contributed by atoms with Gasteiger partial charge in [-0.2, -0.15) is 0 Å². The predicted octanol–water partition coefficient (Wildman–Crippen LogP) is 2.48. The number of nitrogens with one attached hydrogen (secondary N) is 1. The quantitative estimate of drug-likeness (QED) is 0.684. The minimum Gasteiger partial charge on any atom is -0.353 e. The summed E-state index contributed by atoms with van der Waals surface area (Å²) in [5, 5.41) is 3.18. The Labute approximate surface area is 86.5 Å². The molecule has 1 heterocycles. The highest BCUT2D eigenvalue weighted by Gasteiger charge is 2.30. The highest BCUT2D eigenvalue weighted by Crippen LogP contribution is 2.31. The lowest BCUT2D eigenvalue weighted by Crippen LogP contribution is -2.46. The zero-order chi connectivity index (χ0) is 9.97. The molecule has 1 amide bonds. The number of carbonyl (C=O) groups is 1. The lowest BCUT2D eigenvalue weighted by molar-refractivity contribution is -0.125. The van der Waals surface area contributed by atoms with Gasteiger partial charge in [0.2, 0.25) is 5.91 Å². The number of hydrogen-bond donors (Lipinski definition) is 1. The Morgan fingerprint density at radius 1 is 1.21 bits per heavy atom. The van der Waals surface area contributed by atoms with Crippen molar-refractivity contribution in [3.8, 4) is 0 Å². The second kappa shape index (κ2) is 4.33. The van der Waals surface area contributed by atoms with Gasteiger partial charge in [-0.1, -0.05) is 26.2 Å². The first kappa shape index (κ1) is 10.0. The third-order valence-electron chi connectivity index (χ3n) is 3.76. The Kier molecular flexibility index (Phi) is 3.09. The van der Waals surface area contributed by atoms with Crippen LogP contribution in [0.1, 0.15) is 51.9 Å². The van der Waals surface area contributed by atoms with E-state index >= 15 is 0 Å². The minimum absolute atomic E-state index is 0.277. The van der Waals surface area contributed by atoms with Crippen molar-refractivity contribution in [3.05, 3.63) is 0 Å². The summed E-state index contributed by atoms with van der Waals surface area (Å²) in [4.78, 5) is 11.4. The fourth-order valence-electron chi connectivity index (χ4n) is 3.00. The van der Waals surface area contributed by atoms with Crippen LogP contribution in [0.25, 0.3) is 0 Å². The molecule has 2 fully saturated rings. The van der Waals surface area contributed by atoms with Crippen LogP contribution in [0.15, 0.2) is 0 Å². The van der Waals surface area contributed by atoms with Gasteiger partial charge in [0.15, 0.2) is 0 Å². The summed E-state index contributed by atoms with van der Waals surface area (Å²) in [5.41, 5.74) is 0. The molecule has 2 rings (SSSR count). The van der Waals surface area contributed by atoms with Gasteiger partial charge in [0.05, 0.1) is 0 Å². The van der Waals surface area contributed by atoms with E-state index in [1.54, 1.807) is 0 Å². The third kappa shape index (κ3) is 2.28. The van der Waals surface area contributed by atoms with Gasteiger partial charge in [-0.05, 0) is 31.1 Å². The predicted molar refractivity (Wildman–Crippen MR) is 56.9 cm³/mol. The Morgan fingerprint density at radius 2 is 1.93 bits per heavy atom. The Balaban J connectivity index is 1.91. The number of hydrogen-bond acceptors (Lipinski definition) is 1. The molecule has 1 N–H and O–H groups in total. The van der Waals surface area contributed by atoms with Crippen LogP contribution in [0, 0.1) is 11.8 Å². The van der Waals surface area contributed by atoms with Crippen LogP contribution in [-0.2, 0) is 4.79 Å². The Bertz CT molecular complexity index is 208. The van der Waals surface area contributed by atoms with E-state index in [1.165, 1.54) is 38.5 Å². The number of carbonyl (C=O) groups excluding carboxylic acids is 1. The number of piperidine rings is 1. The highest BCUT2D eigenvalue weighted by atomic mass is 16.1. The maximum Gasteiger partial charge on any atom is 0.220 e. The fraction of sp³-hybridized carbons (Fsp3) is 0.917. The maximum atomic E-state index is 11.4. The summed E-state index contributed by atoms with van der Waals surface area (Å²) in [5.74, 6) is 1.64. The average molecular weight is 195 g/mol. The number of amides is 1. The molecular formula is C12H21NO. The van der Waals surface area contributed by atoms with Crippen molar-refractivity contribution in [1.29, 1.82) is 0 Å². The molecule has 80 valence electrons. The summed E-state index contributed by atoms with van der Waals surface area (Å²) in [6.45, 7) is 2.20. The molecule has 14 heavy (non-hydrogen) atoms. The Hall–Kier alpha value is -0.530. The van der Waals surface area contributed by atoms with Crippen LogP contribution in [0.4, 0.5) is 0 Å². The van der Waals surface area contributed by atoms with Crippen LogP contribution in [0.3, 0.4) is 0 Å². The molecule has 0 aromatic rings. The van der Waals surface area contributed by atoms with E-state index in [-0.39, 0.29) is 5.91 Å². The SMILES string of the molecule is CC1CC(=O)NC(C2CCCCC2)C1. The van der Waals surface area contributed by atoms with Crippen molar-refractivity contribution in [2.24, 2.45) is 11.8 Å². The topological polar surface area (TPSA) is 29.1 Å². The first-order valence-corrected chi connectivity index (χ1v) is 6.05. The summed E-state index contributed by atoms with van der Waals surface area (Å²) in [7, 11) is 0. The maximum absolute atomic E-state index is 11.4. The Morgan fingerprint density at radius 3 is 2.57 bits per heavy atom. The van der Waals surface area contributed by atoms with E-state index in [1.807, 2.05) is 0 Å². The molecule has 2 atom stereocenters. The molecule has 2 unspecified atom stereocenters. The van der Waals surface area contributed by atoms with E-state index in [9.17, 15) is 4.79 Å². The van der Waals surface area contributed by atoms with Crippen molar-refractivity contribution in [2.45, 2.75) is 57.9 Å². The number of rotatable bonds is 1. The van der Waals surface area contributed by atoms with Crippen LogP contribution in [-0.4, -0.2) is 11.9 Å². The summed E-state index contributed by atoms with van der Waals surface area (Å²) in [6.07, 6.45) is 8.73. The molecule has 0 aromatic heterocycles. The second-order valence-corrected chi connectivity index (χ2v) is 5.12. The van der Waals surface area contributed by atoms with Crippen molar-refractivity contribution in [2.75, 3.05) is 0 Å². The monoisotopic (exact) mass is 195 g/mol. The van der Waals surface area contributed by atoms with E-state index < -0.39 is 0 Å². The first-order valence-electron chi connectivity index (χ1n) is 6.05. The van der Waals surface area contributed by atoms with Crippen molar-refractivity contribution in [1.82, 2.24) is 5.32 Å². The van der Waals surface area contributed by atoms with Gasteiger partial charge in [-0.15, -0.1) is 0 Å². The zero-order valence-electron chi connectivity index (χ0n) is 9.09. The van der Waals surface area contributed by atoms with Crippen LogP contribution in [0.2, 0.25) is 0 Å². The van der Waals surface area contributed by atoms with E-state index in [2.05, 4.69) is 12.2 Å². The molecule has 0 aromatic carbocycles. The molecule has 1 aliphatic carbocycles. The van der Waals surface area contributed by atoms with Crippen molar-refractivity contribution < 1.29 is 4.79 Å². The molecular weight excluding hydrogens is 174 g/mol. The molecule has 1 saturated carbocycles. The van der Waals surface area contributed by atoms with Crippen molar-refractivity contribution >= 4 is 5.91 Å². The van der Waals surface area contributed by atoms with Crippen molar-refractivity contribution in [3.63, 3.8) is 0 Å². The van der Waals surface area contributed by atoms with Gasteiger partial charge in [0, 0.05) is 12.5 Å². The van der Waals surface area contributed by atoms with Gasteiger partial charge in [0.25, 0.3) is 0 Å². The van der Waals surface area contributed by atoms with Gasteiger partial charge in [-0.3, -0.25) is 4.79 Å². The molecule has 1 aliphatic heterocycles. The first-order chi connectivity index (χ1) is 6.75. The summed E-state index contributed by atoms with van der Waals surface area (Å²) in [6, 6.07) is 0.492. The molecule has 2 aliphatic rings. The van der Waals surface area contributed by atoms with Gasteiger partial charge < -0.3 is 5.32 Å². The standard InChI is InChI=1S/C12H21NO/c1-9-7-11(13-12(14)8-9)10-5-3-2-4-6-10/h9-11H,2-8H2,1H3,(H,13,14). The average Bonchev–Trinajstić information content (AvgIpc) is 2.18. The normalized spacial score (nSPS) is 35.4. The van der Waals surface area contributed by atoms with Crippen LogP contribution < -0.4 is 5.32 Å². The zero-order valence-corrected chi connectivity index (χ0v) is 9.09. The third-order valence-corrected chi connectivity index (χ3v) is 3.76. The van der Waals surface area contributed by atoms with E-state index in [0.717, 1.165) is 12.3 Å². The lowest BCUT2D eigenvalue weighted by atomic mass is 9.78. The smallest absolute Gasteiger partial charge is 0.220 e. The molecule has 0 spiro atoms. The van der Waals surface area contributed by atoms with Gasteiger partial charge in [0.1, 0.15) is 0 Å². The molecule has 2 heteroatoms. The largest absolute Gasteiger partial charge is 0.353 e. The minimum atomic E-state index is 0.277. The molecule has 2 nitrogen and oxygen atoms in total. The van der Waals surface area contributed by atoms with E-state index in [4.69, 9.17) is 0 Å². The van der Waals surface area contributed by atoms with Gasteiger partial charge in [-0.25, -0.2) is 0 Å². The van der Waals surface area contributed by atoms with Crippen LogP contribution in [0.5, 0.6) is 0 Å². The van der Waals surface area contributed by atoms with Crippen LogP contribution >= 0.6 is 0 Å². The molecule has 0 radical (unpaired) electrons. The molecule has 0 bridgehead atoms. The summed E-state index contributed by atoms with van der Waals surface area (Å²) >= 11 is 0. The second-order valence-electron chi connectivity index (χ2n) is 5.12. The molecule has 1 saturated heterocycles.